The number of rotatable bonds is 3. The van der Waals surface area contributed by atoms with E-state index in [0.29, 0.717) is 5.92 Å². The van der Waals surface area contributed by atoms with E-state index in [0.717, 1.165) is 19.6 Å². The van der Waals surface area contributed by atoms with E-state index in [2.05, 4.69) is 18.7 Å². The number of nitrogens with zero attached hydrogens (tertiary/aromatic N) is 1. The zero-order valence-corrected chi connectivity index (χ0v) is 9.73. The molecule has 0 saturated carbocycles. The quantitative estimate of drug-likeness (QED) is 0.751. The monoisotopic (exact) mass is 203 g/mol. The lowest BCUT2D eigenvalue weighted by Crippen LogP contribution is -2.47. The Hall–Kier alpha value is 0.270. The average molecular weight is 203 g/mol. The van der Waals surface area contributed by atoms with Crippen LogP contribution in [0.15, 0.2) is 0 Å². The molecule has 1 N–H and O–H groups in total. The van der Waals surface area contributed by atoms with E-state index < -0.39 is 5.60 Å². The van der Waals surface area contributed by atoms with Crippen molar-refractivity contribution in [3.63, 3.8) is 0 Å². The van der Waals surface area contributed by atoms with Crippen molar-refractivity contribution in [1.82, 2.24) is 4.90 Å². The van der Waals surface area contributed by atoms with Crippen molar-refractivity contribution >= 4 is 11.8 Å². The normalized spacial score (nSPS) is 24.7. The maximum absolute atomic E-state index is 10.1. The van der Waals surface area contributed by atoms with E-state index in [1.165, 1.54) is 11.5 Å². The minimum atomic E-state index is -0.526. The second-order valence-corrected chi connectivity index (χ2v) is 5.63. The number of β-amino-alcohol motifs (C(OH)–C–C–N with tert-alkyl or cyclic N) is 1. The molecule has 1 saturated heterocycles. The van der Waals surface area contributed by atoms with Crippen LogP contribution in [0.25, 0.3) is 0 Å². The number of aliphatic hydroxyl groups is 1. The van der Waals surface area contributed by atoms with E-state index in [1.807, 2.05) is 18.7 Å². The molecule has 1 rings (SSSR count). The van der Waals surface area contributed by atoms with Crippen molar-refractivity contribution < 1.29 is 5.11 Å². The molecule has 1 aliphatic rings. The van der Waals surface area contributed by atoms with Gasteiger partial charge in [-0.25, -0.2) is 0 Å². The molecule has 0 amide bonds. The number of hydrogen-bond donors (Lipinski definition) is 1. The lowest BCUT2D eigenvalue weighted by atomic mass is 9.92. The fourth-order valence-electron chi connectivity index (χ4n) is 1.39. The molecule has 0 aromatic heterocycles. The first kappa shape index (κ1) is 11.3. The largest absolute Gasteiger partial charge is 0.389 e. The van der Waals surface area contributed by atoms with Gasteiger partial charge in [0.25, 0.3) is 0 Å². The molecule has 0 radical (unpaired) electrons. The maximum atomic E-state index is 10.1. The van der Waals surface area contributed by atoms with Gasteiger partial charge in [-0.2, -0.15) is 11.8 Å². The zero-order chi connectivity index (χ0) is 9.90. The Balaban J connectivity index is 2.37. The van der Waals surface area contributed by atoms with Gasteiger partial charge in [-0.1, -0.05) is 13.8 Å². The van der Waals surface area contributed by atoms with Crippen molar-refractivity contribution in [1.29, 1.82) is 0 Å². The topological polar surface area (TPSA) is 23.5 Å². The highest BCUT2D eigenvalue weighted by atomic mass is 32.2. The molecule has 3 heteroatoms. The summed E-state index contributed by atoms with van der Waals surface area (Å²) in [5.41, 5.74) is -0.526. The number of thioether (sulfide) groups is 1. The van der Waals surface area contributed by atoms with Gasteiger partial charge < -0.3 is 5.11 Å². The highest BCUT2D eigenvalue weighted by molar-refractivity contribution is 7.99. The summed E-state index contributed by atoms with van der Waals surface area (Å²) in [4.78, 5) is 2.37. The molecule has 1 atom stereocenters. The average Bonchev–Trinajstić information content (AvgIpc) is 2.05. The van der Waals surface area contributed by atoms with Crippen LogP contribution in [0.4, 0.5) is 0 Å². The van der Waals surface area contributed by atoms with Crippen LogP contribution in [0.5, 0.6) is 0 Å². The predicted octanol–water partition coefficient (Wildman–Crippen LogP) is 1.44. The van der Waals surface area contributed by atoms with Gasteiger partial charge in [0.1, 0.15) is 0 Å². The molecule has 1 unspecified atom stereocenters. The first-order valence-corrected chi connectivity index (χ1v) is 6.20. The van der Waals surface area contributed by atoms with Gasteiger partial charge >= 0.3 is 0 Å². The van der Waals surface area contributed by atoms with Gasteiger partial charge in [0.15, 0.2) is 0 Å². The van der Waals surface area contributed by atoms with Crippen LogP contribution in [-0.2, 0) is 0 Å². The summed E-state index contributed by atoms with van der Waals surface area (Å²) in [6, 6.07) is 0. The second kappa shape index (κ2) is 4.67. The first-order valence-electron chi connectivity index (χ1n) is 5.05. The van der Waals surface area contributed by atoms with Crippen molar-refractivity contribution in [3.8, 4) is 0 Å². The molecular weight excluding hydrogens is 182 g/mol. The van der Waals surface area contributed by atoms with Crippen LogP contribution in [-0.4, -0.2) is 46.7 Å². The summed E-state index contributed by atoms with van der Waals surface area (Å²) in [6.45, 7) is 9.20. The van der Waals surface area contributed by atoms with Crippen molar-refractivity contribution in [3.05, 3.63) is 0 Å². The fraction of sp³-hybridized carbons (Fsp3) is 1.00. The lowest BCUT2D eigenvalue weighted by molar-refractivity contribution is -0.0166. The van der Waals surface area contributed by atoms with Gasteiger partial charge in [0.05, 0.1) is 5.60 Å². The third kappa shape index (κ3) is 3.49. The van der Waals surface area contributed by atoms with E-state index in [9.17, 15) is 5.11 Å². The van der Waals surface area contributed by atoms with E-state index in [-0.39, 0.29) is 0 Å². The molecule has 0 aliphatic carbocycles. The van der Waals surface area contributed by atoms with E-state index in [4.69, 9.17) is 0 Å². The van der Waals surface area contributed by atoms with Crippen molar-refractivity contribution in [2.45, 2.75) is 26.4 Å². The third-order valence-electron chi connectivity index (χ3n) is 2.89. The van der Waals surface area contributed by atoms with E-state index in [1.54, 1.807) is 0 Å². The highest BCUT2D eigenvalue weighted by Crippen LogP contribution is 2.19. The first-order chi connectivity index (χ1) is 6.02. The lowest BCUT2D eigenvalue weighted by Gasteiger charge is -2.36. The Bertz CT molecular complexity index is 153. The molecule has 2 nitrogen and oxygen atoms in total. The fourth-order valence-corrected chi connectivity index (χ4v) is 2.37. The summed E-state index contributed by atoms with van der Waals surface area (Å²) in [6.07, 6.45) is 0. The second-order valence-electron chi connectivity index (χ2n) is 4.40. The molecule has 0 bridgehead atoms. The Morgan fingerprint density at radius 1 is 1.38 bits per heavy atom. The van der Waals surface area contributed by atoms with Gasteiger partial charge in [0, 0.05) is 31.1 Å². The Morgan fingerprint density at radius 2 is 1.92 bits per heavy atom. The predicted molar refractivity (Wildman–Crippen MR) is 59.2 cm³/mol. The Labute approximate surface area is 85.7 Å². The smallest absolute Gasteiger partial charge is 0.0768 e. The Kier molecular flexibility index (Phi) is 4.07. The van der Waals surface area contributed by atoms with Gasteiger partial charge in [-0.15, -0.1) is 0 Å². The summed E-state index contributed by atoms with van der Waals surface area (Å²) < 4.78 is 0. The molecule has 1 heterocycles. The van der Waals surface area contributed by atoms with Crippen LogP contribution >= 0.6 is 11.8 Å². The van der Waals surface area contributed by atoms with Gasteiger partial charge in [-0.05, 0) is 12.8 Å². The summed E-state index contributed by atoms with van der Waals surface area (Å²) in [7, 11) is 0. The van der Waals surface area contributed by atoms with Crippen molar-refractivity contribution in [2.75, 3.05) is 31.1 Å². The Morgan fingerprint density at radius 3 is 2.38 bits per heavy atom. The minimum Gasteiger partial charge on any atom is -0.389 e. The van der Waals surface area contributed by atoms with Crippen LogP contribution in [0.1, 0.15) is 20.8 Å². The maximum Gasteiger partial charge on any atom is 0.0768 e. The molecule has 78 valence electrons. The highest BCUT2D eigenvalue weighted by Gasteiger charge is 2.28. The molecule has 0 spiro atoms. The van der Waals surface area contributed by atoms with Crippen LogP contribution in [0.2, 0.25) is 0 Å². The minimum absolute atomic E-state index is 0.335. The standard InChI is InChI=1S/C10H21NOS/c1-9(2)10(3,12)8-11-4-6-13-7-5-11/h9,12H,4-8H2,1-3H3. The molecule has 13 heavy (non-hydrogen) atoms. The molecule has 1 fully saturated rings. The summed E-state index contributed by atoms with van der Waals surface area (Å²) in [5, 5.41) is 10.1. The summed E-state index contributed by atoms with van der Waals surface area (Å²) in [5.74, 6) is 2.77. The van der Waals surface area contributed by atoms with Gasteiger partial charge in [-0.3, -0.25) is 4.90 Å². The zero-order valence-electron chi connectivity index (χ0n) is 8.92. The molecule has 1 aliphatic heterocycles. The van der Waals surface area contributed by atoms with Crippen LogP contribution in [0.3, 0.4) is 0 Å². The van der Waals surface area contributed by atoms with Crippen LogP contribution < -0.4 is 0 Å². The third-order valence-corrected chi connectivity index (χ3v) is 3.83. The summed E-state index contributed by atoms with van der Waals surface area (Å²) >= 11 is 2.01. The van der Waals surface area contributed by atoms with Crippen molar-refractivity contribution in [2.24, 2.45) is 5.92 Å². The SMILES string of the molecule is CC(C)C(C)(O)CN1CCSCC1. The van der Waals surface area contributed by atoms with Gasteiger partial charge in [0.2, 0.25) is 0 Å². The molecule has 0 aromatic carbocycles. The van der Waals surface area contributed by atoms with E-state index >= 15 is 0 Å². The van der Waals surface area contributed by atoms with Crippen LogP contribution in [0, 0.1) is 5.92 Å². The molecule has 0 aromatic rings. The number of hydrogen-bond acceptors (Lipinski definition) is 3. The molecular formula is C10H21NOS.